The van der Waals surface area contributed by atoms with Crippen LogP contribution in [0, 0.1) is 0 Å². The van der Waals surface area contributed by atoms with Gasteiger partial charge in [0.15, 0.2) is 0 Å². The highest BCUT2D eigenvalue weighted by Crippen LogP contribution is 2.21. The number of ether oxygens (including phenoxy) is 1. The van der Waals surface area contributed by atoms with E-state index in [1.165, 1.54) is 7.11 Å². The van der Waals surface area contributed by atoms with Gasteiger partial charge in [-0.05, 0) is 12.1 Å². The minimum Gasteiger partial charge on any atom is -0.467 e. The second-order valence-corrected chi connectivity index (χ2v) is 3.59. The minimum absolute atomic E-state index is 0.284. The number of hydrogen-bond acceptors (Lipinski definition) is 6. The van der Waals surface area contributed by atoms with E-state index in [0.29, 0.717) is 11.9 Å². The van der Waals surface area contributed by atoms with Gasteiger partial charge in [-0.25, -0.2) is 0 Å². The molecule has 0 fully saturated rings. The first kappa shape index (κ1) is 12.1. The molecular weight excluding hydrogens is 230 g/mol. The van der Waals surface area contributed by atoms with E-state index in [1.54, 1.807) is 7.05 Å². The molecule has 0 aliphatic heterocycles. The average Bonchev–Trinajstić information content (AvgIpc) is 2.46. The number of nitrogens with one attached hydrogen (secondary N) is 1. The summed E-state index contributed by atoms with van der Waals surface area (Å²) >= 11 is 0. The molecule has 0 amide bonds. The van der Waals surface area contributed by atoms with Crippen LogP contribution >= 0.6 is 0 Å². The largest absolute Gasteiger partial charge is 0.467 e. The molecule has 6 nitrogen and oxygen atoms in total. The Kier molecular flexibility index (Phi) is 3.57. The van der Waals surface area contributed by atoms with E-state index in [2.05, 4.69) is 20.3 Å². The van der Waals surface area contributed by atoms with Crippen molar-refractivity contribution in [2.24, 2.45) is 0 Å². The van der Waals surface area contributed by atoms with Crippen molar-refractivity contribution in [3.8, 4) is 6.01 Å². The van der Waals surface area contributed by atoms with E-state index in [0.717, 1.165) is 5.69 Å². The maximum absolute atomic E-state index is 5.05. The Balaban J connectivity index is 2.38. The molecule has 0 saturated heterocycles. The third-order valence-electron chi connectivity index (χ3n) is 2.45. The zero-order chi connectivity index (χ0) is 13.0. The topological polar surface area (TPSA) is 63.2 Å². The van der Waals surface area contributed by atoms with E-state index in [-0.39, 0.29) is 6.01 Å². The van der Waals surface area contributed by atoms with E-state index in [9.17, 15) is 0 Å². The summed E-state index contributed by atoms with van der Waals surface area (Å²) in [5.41, 5.74) is 0.993. The van der Waals surface area contributed by atoms with Crippen LogP contribution in [-0.2, 0) is 0 Å². The van der Waals surface area contributed by atoms with Crippen molar-refractivity contribution < 1.29 is 4.74 Å². The third-order valence-corrected chi connectivity index (χ3v) is 2.45. The lowest BCUT2D eigenvalue weighted by Crippen LogP contribution is -2.15. The standard InChI is InChI=1S/C12H15N5O/c1-13-10-14-11(16-12(15-10)18-3)17(2)9-7-5-4-6-8-9/h4-8H,1-3H3,(H,13,14,15,16). The zero-order valence-corrected chi connectivity index (χ0v) is 10.6. The summed E-state index contributed by atoms with van der Waals surface area (Å²) in [5, 5.41) is 2.88. The molecule has 6 heteroatoms. The molecule has 1 aromatic heterocycles. The summed E-state index contributed by atoms with van der Waals surface area (Å²) in [6.45, 7) is 0. The van der Waals surface area contributed by atoms with Crippen molar-refractivity contribution in [2.75, 3.05) is 31.4 Å². The van der Waals surface area contributed by atoms with Gasteiger partial charge in [0.05, 0.1) is 7.11 Å². The average molecular weight is 245 g/mol. The third kappa shape index (κ3) is 2.48. The number of rotatable bonds is 4. The SMILES string of the molecule is CNc1nc(OC)nc(N(C)c2ccccc2)n1. The van der Waals surface area contributed by atoms with Crippen molar-refractivity contribution in [1.82, 2.24) is 15.0 Å². The molecule has 0 bridgehead atoms. The van der Waals surface area contributed by atoms with Gasteiger partial charge in [0.2, 0.25) is 11.9 Å². The predicted molar refractivity (Wildman–Crippen MR) is 70.4 cm³/mol. The van der Waals surface area contributed by atoms with Crippen LogP contribution in [-0.4, -0.2) is 36.2 Å². The predicted octanol–water partition coefficient (Wildman–Crippen LogP) is 1.69. The molecule has 0 radical (unpaired) electrons. The van der Waals surface area contributed by atoms with Gasteiger partial charge in [0.1, 0.15) is 0 Å². The van der Waals surface area contributed by atoms with Gasteiger partial charge in [0.25, 0.3) is 0 Å². The van der Waals surface area contributed by atoms with E-state index in [4.69, 9.17) is 4.74 Å². The van der Waals surface area contributed by atoms with Gasteiger partial charge < -0.3 is 15.0 Å². The first-order valence-corrected chi connectivity index (χ1v) is 5.51. The van der Waals surface area contributed by atoms with Crippen LogP contribution in [0.3, 0.4) is 0 Å². The molecule has 1 aromatic carbocycles. The molecule has 94 valence electrons. The number of para-hydroxylation sites is 1. The Morgan fingerprint density at radius 3 is 2.44 bits per heavy atom. The second kappa shape index (κ2) is 5.31. The first-order chi connectivity index (χ1) is 8.74. The maximum atomic E-state index is 5.05. The molecule has 18 heavy (non-hydrogen) atoms. The van der Waals surface area contributed by atoms with Crippen molar-refractivity contribution in [1.29, 1.82) is 0 Å². The molecule has 0 aliphatic carbocycles. The van der Waals surface area contributed by atoms with Gasteiger partial charge in [-0.2, -0.15) is 15.0 Å². The fourth-order valence-electron chi connectivity index (χ4n) is 1.47. The Morgan fingerprint density at radius 1 is 1.11 bits per heavy atom. The van der Waals surface area contributed by atoms with Crippen LogP contribution < -0.4 is 15.0 Å². The fraction of sp³-hybridized carbons (Fsp3) is 0.250. The monoisotopic (exact) mass is 245 g/mol. The van der Waals surface area contributed by atoms with Crippen LogP contribution in [0.25, 0.3) is 0 Å². The van der Waals surface area contributed by atoms with Gasteiger partial charge in [-0.3, -0.25) is 0 Å². The molecule has 0 atom stereocenters. The molecule has 0 unspecified atom stereocenters. The lowest BCUT2D eigenvalue weighted by Gasteiger charge is -2.17. The van der Waals surface area contributed by atoms with Crippen LogP contribution in [0.2, 0.25) is 0 Å². The summed E-state index contributed by atoms with van der Waals surface area (Å²) in [7, 11) is 5.17. The normalized spacial score (nSPS) is 9.94. The smallest absolute Gasteiger partial charge is 0.322 e. The van der Waals surface area contributed by atoms with Gasteiger partial charge in [-0.15, -0.1) is 0 Å². The van der Waals surface area contributed by atoms with Crippen molar-refractivity contribution in [3.63, 3.8) is 0 Å². The van der Waals surface area contributed by atoms with Crippen LogP contribution in [0.5, 0.6) is 6.01 Å². The van der Waals surface area contributed by atoms with Gasteiger partial charge in [-0.1, -0.05) is 18.2 Å². The first-order valence-electron chi connectivity index (χ1n) is 5.51. The van der Waals surface area contributed by atoms with E-state index >= 15 is 0 Å². The number of aromatic nitrogens is 3. The summed E-state index contributed by atoms with van der Waals surface area (Å²) in [6, 6.07) is 10.1. The molecule has 0 aliphatic rings. The van der Waals surface area contributed by atoms with E-state index in [1.807, 2.05) is 42.3 Å². The van der Waals surface area contributed by atoms with Crippen LogP contribution in [0.15, 0.2) is 30.3 Å². The van der Waals surface area contributed by atoms with Crippen molar-refractivity contribution in [2.45, 2.75) is 0 Å². The minimum atomic E-state index is 0.284. The Hall–Kier alpha value is -2.37. The summed E-state index contributed by atoms with van der Waals surface area (Å²) in [6.07, 6.45) is 0. The Labute approximate surface area is 106 Å². The zero-order valence-electron chi connectivity index (χ0n) is 10.6. The maximum Gasteiger partial charge on any atom is 0.322 e. The molecule has 1 heterocycles. The number of benzene rings is 1. The summed E-state index contributed by atoms with van der Waals surface area (Å²) < 4.78 is 5.05. The lowest BCUT2D eigenvalue weighted by molar-refractivity contribution is 0.379. The second-order valence-electron chi connectivity index (χ2n) is 3.59. The van der Waals surface area contributed by atoms with Gasteiger partial charge in [0, 0.05) is 19.8 Å². The highest BCUT2D eigenvalue weighted by Gasteiger charge is 2.11. The number of methoxy groups -OCH3 is 1. The number of hydrogen-bond donors (Lipinski definition) is 1. The highest BCUT2D eigenvalue weighted by molar-refractivity contribution is 5.56. The van der Waals surface area contributed by atoms with Crippen LogP contribution in [0.4, 0.5) is 17.6 Å². The molecular formula is C12H15N5O. The van der Waals surface area contributed by atoms with Crippen molar-refractivity contribution in [3.05, 3.63) is 30.3 Å². The molecule has 1 N–H and O–H groups in total. The van der Waals surface area contributed by atoms with Gasteiger partial charge >= 0.3 is 6.01 Å². The molecule has 0 saturated carbocycles. The Bertz CT molecular complexity index is 495. The quantitative estimate of drug-likeness (QED) is 0.884. The molecule has 2 rings (SSSR count). The van der Waals surface area contributed by atoms with E-state index < -0.39 is 0 Å². The number of anilines is 3. The summed E-state index contributed by atoms with van der Waals surface area (Å²) in [4.78, 5) is 14.4. The molecule has 0 spiro atoms. The summed E-state index contributed by atoms with van der Waals surface area (Å²) in [5.74, 6) is 0.997. The lowest BCUT2D eigenvalue weighted by atomic mass is 10.3. The molecule has 2 aromatic rings. The highest BCUT2D eigenvalue weighted by atomic mass is 16.5. The van der Waals surface area contributed by atoms with Crippen LogP contribution in [0.1, 0.15) is 0 Å². The number of nitrogens with zero attached hydrogens (tertiary/aromatic N) is 4. The Morgan fingerprint density at radius 2 is 1.83 bits per heavy atom. The fourth-order valence-corrected chi connectivity index (χ4v) is 1.47. The van der Waals surface area contributed by atoms with Crippen molar-refractivity contribution >= 4 is 17.6 Å².